The maximum Gasteiger partial charge on any atom is 0.418 e. The Morgan fingerprint density at radius 3 is 2.41 bits per heavy atom. The van der Waals surface area contributed by atoms with Crippen LogP contribution in [0.2, 0.25) is 0 Å². The SMILES string of the molecule is N#CCc1ncc(Br)c(C(F)(F)F)c1C(F)F. The van der Waals surface area contributed by atoms with E-state index >= 15 is 0 Å². The highest BCUT2D eigenvalue weighted by Crippen LogP contribution is 2.41. The first-order valence-electron chi connectivity index (χ1n) is 4.18. The molecule has 0 aliphatic heterocycles. The smallest absolute Gasteiger partial charge is 0.258 e. The first-order chi connectivity index (χ1) is 7.79. The molecule has 1 heterocycles. The van der Waals surface area contributed by atoms with Crippen molar-refractivity contribution in [1.82, 2.24) is 4.98 Å². The normalized spacial score (nSPS) is 11.6. The van der Waals surface area contributed by atoms with Crippen LogP contribution in [0.5, 0.6) is 0 Å². The van der Waals surface area contributed by atoms with Crippen LogP contribution >= 0.6 is 15.9 Å². The Morgan fingerprint density at radius 2 is 2.00 bits per heavy atom. The summed E-state index contributed by atoms with van der Waals surface area (Å²) in [7, 11) is 0. The van der Waals surface area contributed by atoms with Gasteiger partial charge < -0.3 is 0 Å². The molecule has 0 aliphatic rings. The summed E-state index contributed by atoms with van der Waals surface area (Å²) in [6, 6.07) is 1.50. The number of aromatic nitrogens is 1. The molecule has 0 saturated carbocycles. The Labute approximate surface area is 101 Å². The zero-order valence-electron chi connectivity index (χ0n) is 8.02. The molecule has 1 aromatic rings. The van der Waals surface area contributed by atoms with Gasteiger partial charge in [-0.15, -0.1) is 0 Å². The molecule has 0 fully saturated rings. The maximum atomic E-state index is 12.7. The zero-order valence-corrected chi connectivity index (χ0v) is 9.61. The van der Waals surface area contributed by atoms with Crippen LogP contribution in [-0.4, -0.2) is 4.98 Å². The third-order valence-corrected chi connectivity index (χ3v) is 2.50. The highest BCUT2D eigenvalue weighted by atomic mass is 79.9. The Kier molecular flexibility index (Phi) is 4.03. The summed E-state index contributed by atoms with van der Waals surface area (Å²) in [6.07, 6.45) is -8.12. The number of hydrogen-bond acceptors (Lipinski definition) is 2. The van der Waals surface area contributed by atoms with Gasteiger partial charge in [0, 0.05) is 10.7 Å². The second-order valence-electron chi connectivity index (χ2n) is 2.97. The van der Waals surface area contributed by atoms with Crippen LogP contribution in [0.15, 0.2) is 10.7 Å². The van der Waals surface area contributed by atoms with Gasteiger partial charge in [-0.2, -0.15) is 18.4 Å². The molecule has 0 radical (unpaired) electrons. The minimum atomic E-state index is -4.93. The van der Waals surface area contributed by atoms with Gasteiger partial charge in [-0.25, -0.2) is 8.78 Å². The van der Waals surface area contributed by atoms with Crippen LogP contribution in [0, 0.1) is 11.3 Å². The summed E-state index contributed by atoms with van der Waals surface area (Å²) in [4.78, 5) is 3.41. The van der Waals surface area contributed by atoms with E-state index in [0.717, 1.165) is 6.20 Å². The number of nitriles is 1. The van der Waals surface area contributed by atoms with E-state index in [-0.39, 0.29) is 0 Å². The lowest BCUT2D eigenvalue weighted by atomic mass is 10.0. The Hall–Kier alpha value is -1.23. The number of pyridine rings is 1. The summed E-state index contributed by atoms with van der Waals surface area (Å²) >= 11 is 2.54. The zero-order chi connectivity index (χ0) is 13.2. The van der Waals surface area contributed by atoms with Gasteiger partial charge in [-0.1, -0.05) is 0 Å². The molecular weight excluding hydrogens is 311 g/mol. The topological polar surface area (TPSA) is 36.7 Å². The molecule has 0 N–H and O–H groups in total. The number of rotatable bonds is 2. The minimum Gasteiger partial charge on any atom is -0.258 e. The van der Waals surface area contributed by atoms with Gasteiger partial charge in [0.25, 0.3) is 6.43 Å². The number of halogens is 6. The molecular formula is C9H4BrF5N2. The molecule has 1 aromatic heterocycles. The Bertz CT molecular complexity index is 464. The van der Waals surface area contributed by atoms with Crippen molar-refractivity contribution in [1.29, 1.82) is 5.26 Å². The second-order valence-corrected chi connectivity index (χ2v) is 3.83. The van der Waals surface area contributed by atoms with Crippen molar-refractivity contribution in [2.24, 2.45) is 0 Å². The van der Waals surface area contributed by atoms with Gasteiger partial charge in [0.15, 0.2) is 0 Å². The average Bonchev–Trinajstić information content (AvgIpc) is 2.18. The Balaban J connectivity index is 3.56. The van der Waals surface area contributed by atoms with Crippen molar-refractivity contribution in [2.75, 3.05) is 0 Å². The quantitative estimate of drug-likeness (QED) is 0.777. The summed E-state index contributed by atoms with van der Waals surface area (Å²) in [5, 5.41) is 8.36. The van der Waals surface area contributed by atoms with Crippen molar-refractivity contribution in [3.63, 3.8) is 0 Å². The predicted molar refractivity (Wildman–Crippen MR) is 51.2 cm³/mol. The van der Waals surface area contributed by atoms with Crippen LogP contribution in [0.3, 0.4) is 0 Å². The third kappa shape index (κ3) is 2.91. The average molecular weight is 315 g/mol. The molecule has 0 atom stereocenters. The van der Waals surface area contributed by atoms with Crippen molar-refractivity contribution >= 4 is 15.9 Å². The van der Waals surface area contributed by atoms with E-state index in [0.29, 0.717) is 0 Å². The van der Waals surface area contributed by atoms with Crippen molar-refractivity contribution in [3.05, 3.63) is 27.5 Å². The van der Waals surface area contributed by atoms with Gasteiger partial charge in [0.05, 0.1) is 29.3 Å². The van der Waals surface area contributed by atoms with Crippen LogP contribution in [-0.2, 0) is 12.6 Å². The molecule has 0 aliphatic carbocycles. The van der Waals surface area contributed by atoms with E-state index < -0.39 is 40.3 Å². The van der Waals surface area contributed by atoms with Crippen molar-refractivity contribution in [2.45, 2.75) is 19.0 Å². The molecule has 2 nitrogen and oxygen atoms in total. The molecule has 1 rings (SSSR count). The van der Waals surface area contributed by atoms with Gasteiger partial charge in [-0.05, 0) is 15.9 Å². The maximum absolute atomic E-state index is 12.7. The highest BCUT2D eigenvalue weighted by Gasteiger charge is 2.39. The molecule has 0 bridgehead atoms. The molecule has 0 spiro atoms. The molecule has 0 aromatic carbocycles. The van der Waals surface area contributed by atoms with Crippen LogP contribution in [0.1, 0.15) is 23.2 Å². The standard InChI is InChI=1S/C9H4BrF5N2/c10-4-3-17-5(1-2-16)6(8(11)12)7(4)9(13,14)15/h3,8H,1H2. The van der Waals surface area contributed by atoms with E-state index in [1.807, 2.05) is 0 Å². The lowest BCUT2D eigenvalue weighted by molar-refractivity contribution is -0.140. The van der Waals surface area contributed by atoms with E-state index in [2.05, 4.69) is 20.9 Å². The van der Waals surface area contributed by atoms with Gasteiger partial charge >= 0.3 is 6.18 Å². The lowest BCUT2D eigenvalue weighted by Crippen LogP contribution is -2.14. The van der Waals surface area contributed by atoms with Crippen LogP contribution < -0.4 is 0 Å². The number of alkyl halides is 5. The largest absolute Gasteiger partial charge is 0.418 e. The summed E-state index contributed by atoms with van der Waals surface area (Å²) in [5.41, 5.74) is -3.28. The van der Waals surface area contributed by atoms with Gasteiger partial charge in [-0.3, -0.25) is 4.98 Å². The summed E-state index contributed by atoms with van der Waals surface area (Å²) < 4.78 is 62.6. The molecule has 0 unspecified atom stereocenters. The fraction of sp³-hybridized carbons (Fsp3) is 0.333. The summed E-state index contributed by atoms with van der Waals surface area (Å²) in [5.74, 6) is 0. The lowest BCUT2D eigenvalue weighted by Gasteiger charge is -2.16. The monoisotopic (exact) mass is 314 g/mol. The fourth-order valence-corrected chi connectivity index (χ4v) is 1.82. The molecule has 92 valence electrons. The number of hydrogen-bond donors (Lipinski definition) is 0. The highest BCUT2D eigenvalue weighted by molar-refractivity contribution is 9.10. The van der Waals surface area contributed by atoms with E-state index in [9.17, 15) is 22.0 Å². The van der Waals surface area contributed by atoms with E-state index in [4.69, 9.17) is 5.26 Å². The minimum absolute atomic E-state index is 0.557. The fourth-order valence-electron chi connectivity index (χ4n) is 1.28. The summed E-state index contributed by atoms with van der Waals surface area (Å²) in [6.45, 7) is 0. The molecule has 17 heavy (non-hydrogen) atoms. The van der Waals surface area contributed by atoms with Crippen molar-refractivity contribution < 1.29 is 22.0 Å². The van der Waals surface area contributed by atoms with E-state index in [1.54, 1.807) is 0 Å². The van der Waals surface area contributed by atoms with Gasteiger partial charge in [0.1, 0.15) is 0 Å². The van der Waals surface area contributed by atoms with Crippen LogP contribution in [0.25, 0.3) is 0 Å². The molecule has 0 saturated heterocycles. The van der Waals surface area contributed by atoms with Crippen LogP contribution in [0.4, 0.5) is 22.0 Å². The van der Waals surface area contributed by atoms with Crippen molar-refractivity contribution in [3.8, 4) is 6.07 Å². The third-order valence-electron chi connectivity index (χ3n) is 1.90. The Morgan fingerprint density at radius 1 is 1.41 bits per heavy atom. The first-order valence-corrected chi connectivity index (χ1v) is 4.98. The first kappa shape index (κ1) is 13.8. The predicted octanol–water partition coefficient (Wildman–Crippen LogP) is 3.87. The molecule has 8 heteroatoms. The molecule has 0 amide bonds. The second kappa shape index (κ2) is 4.96. The number of nitrogens with zero attached hydrogens (tertiary/aromatic N) is 2. The van der Waals surface area contributed by atoms with Gasteiger partial charge in [0.2, 0.25) is 0 Å². The van der Waals surface area contributed by atoms with E-state index in [1.165, 1.54) is 6.07 Å².